The van der Waals surface area contributed by atoms with Crippen molar-refractivity contribution in [2.24, 2.45) is 0 Å². The van der Waals surface area contributed by atoms with Gasteiger partial charge in [0.05, 0.1) is 10.6 Å². The van der Waals surface area contributed by atoms with Crippen molar-refractivity contribution in [2.75, 3.05) is 30.9 Å². The van der Waals surface area contributed by atoms with Gasteiger partial charge in [0.25, 0.3) is 10.1 Å². The van der Waals surface area contributed by atoms with Gasteiger partial charge in [-0.05, 0) is 50.5 Å². The molecule has 0 saturated heterocycles. The smallest absolute Gasteiger partial charge is 0.266 e. The summed E-state index contributed by atoms with van der Waals surface area (Å²) < 4.78 is 56.0. The van der Waals surface area contributed by atoms with E-state index in [4.69, 9.17) is 4.55 Å². The van der Waals surface area contributed by atoms with Gasteiger partial charge < -0.3 is 10.6 Å². The largest absolute Gasteiger partial charge is 0.355 e. The second kappa shape index (κ2) is 11.1. The van der Waals surface area contributed by atoms with Crippen molar-refractivity contribution in [2.45, 2.75) is 37.6 Å². The molecule has 28 heavy (non-hydrogen) atoms. The molecule has 2 atom stereocenters. The molecule has 0 bridgehead atoms. The second-order valence-electron chi connectivity index (χ2n) is 6.50. The minimum atomic E-state index is -4.27. The quantitative estimate of drug-likeness (QED) is 0.161. The van der Waals surface area contributed by atoms with E-state index in [1.165, 1.54) is 0 Å². The molecule has 11 heteroatoms. The van der Waals surface area contributed by atoms with Crippen LogP contribution >= 0.6 is 9.93 Å². The Morgan fingerprint density at radius 1 is 1.14 bits per heavy atom. The van der Waals surface area contributed by atoms with Crippen LogP contribution in [0.4, 0.5) is 0 Å². The SMILES string of the molecule is CCN[C@@H](CS(=O)(=O)O)C(=O)NCCCC[SH](C)S(=O)(=O)c1ccc(C)cc1. The molecule has 0 aliphatic rings. The van der Waals surface area contributed by atoms with Crippen LogP contribution in [0.15, 0.2) is 29.2 Å². The van der Waals surface area contributed by atoms with E-state index in [9.17, 15) is 21.6 Å². The Bertz CT molecular complexity index is 838. The fraction of sp³-hybridized carbons (Fsp3) is 0.588. The summed E-state index contributed by atoms with van der Waals surface area (Å²) >= 11 is 0. The summed E-state index contributed by atoms with van der Waals surface area (Å²) in [4.78, 5) is 12.4. The second-order valence-corrected chi connectivity index (χ2v) is 14.4. The van der Waals surface area contributed by atoms with Crippen LogP contribution in [0, 0.1) is 6.92 Å². The van der Waals surface area contributed by atoms with Crippen LogP contribution in [0.3, 0.4) is 0 Å². The standard InChI is InChI=1S/C17H30N2O6S3/c1-4-18-16(13-27(21,22)23)17(20)19-11-5-6-12-26(3)28(24,25)15-9-7-14(2)8-10-15/h7-10,16,18,26H,4-6,11-13H2,1-3H3,(H,19,20)(H,21,22,23)/t16-/m0/s1. The number of unbranched alkanes of at least 4 members (excludes halogenated alkanes) is 1. The van der Waals surface area contributed by atoms with Crippen LogP contribution in [0.2, 0.25) is 0 Å². The van der Waals surface area contributed by atoms with Gasteiger partial charge in [-0.2, -0.15) is 8.42 Å². The van der Waals surface area contributed by atoms with E-state index >= 15 is 0 Å². The Hall–Kier alpha value is -1.14. The zero-order valence-corrected chi connectivity index (χ0v) is 18.9. The van der Waals surface area contributed by atoms with Gasteiger partial charge in [0, 0.05) is 6.54 Å². The van der Waals surface area contributed by atoms with Gasteiger partial charge >= 0.3 is 0 Å². The molecule has 0 radical (unpaired) electrons. The van der Waals surface area contributed by atoms with E-state index < -0.39 is 46.6 Å². The molecule has 0 heterocycles. The van der Waals surface area contributed by atoms with Crippen molar-refractivity contribution in [3.8, 4) is 0 Å². The molecule has 1 aromatic rings. The predicted octanol–water partition coefficient (Wildman–Crippen LogP) is 1.08. The van der Waals surface area contributed by atoms with E-state index in [-0.39, 0.29) is 0 Å². The number of thiol groups is 1. The summed E-state index contributed by atoms with van der Waals surface area (Å²) in [5, 5.41) is 5.33. The van der Waals surface area contributed by atoms with E-state index in [1.54, 1.807) is 37.4 Å². The molecule has 0 saturated carbocycles. The monoisotopic (exact) mass is 454 g/mol. The van der Waals surface area contributed by atoms with E-state index in [2.05, 4.69) is 10.6 Å². The number of nitrogens with one attached hydrogen (secondary N) is 2. The highest BCUT2D eigenvalue weighted by Gasteiger charge is 2.23. The lowest BCUT2D eigenvalue weighted by molar-refractivity contribution is -0.122. The number of likely N-dealkylation sites (N-methyl/N-ethyl adjacent to an activating group) is 1. The first kappa shape index (κ1) is 24.9. The molecule has 162 valence electrons. The van der Waals surface area contributed by atoms with Crippen LogP contribution in [0.1, 0.15) is 25.3 Å². The fourth-order valence-electron chi connectivity index (χ4n) is 2.49. The zero-order chi connectivity index (χ0) is 21.4. The average molecular weight is 455 g/mol. The number of rotatable bonds is 12. The van der Waals surface area contributed by atoms with Crippen molar-refractivity contribution in [3.63, 3.8) is 0 Å². The summed E-state index contributed by atoms with van der Waals surface area (Å²) in [5.74, 6) is -0.685. The van der Waals surface area contributed by atoms with Gasteiger partial charge in [0.1, 0.15) is 6.04 Å². The number of carbonyl (C=O) groups is 1. The zero-order valence-electron chi connectivity index (χ0n) is 16.4. The van der Waals surface area contributed by atoms with E-state index in [0.717, 1.165) is 5.56 Å². The Morgan fingerprint density at radius 2 is 1.75 bits per heavy atom. The van der Waals surface area contributed by atoms with Crippen LogP contribution in [-0.2, 0) is 23.8 Å². The Labute approximate surface area is 169 Å². The van der Waals surface area contributed by atoms with Gasteiger partial charge in [-0.25, -0.2) is 8.42 Å². The third-order valence-corrected chi connectivity index (χ3v) is 11.1. The number of carbonyl (C=O) groups excluding carboxylic acids is 1. The van der Waals surface area contributed by atoms with Gasteiger partial charge in [-0.3, -0.25) is 9.35 Å². The molecule has 0 aliphatic heterocycles. The number of aryl methyl sites for hydroxylation is 1. The molecule has 0 fully saturated rings. The summed E-state index contributed by atoms with van der Waals surface area (Å²) in [6, 6.07) is 5.78. The van der Waals surface area contributed by atoms with Crippen molar-refractivity contribution in [1.82, 2.24) is 10.6 Å². The van der Waals surface area contributed by atoms with E-state index in [1.807, 2.05) is 6.92 Å². The number of hydrogen-bond acceptors (Lipinski definition) is 6. The van der Waals surface area contributed by atoms with Crippen LogP contribution in [-0.4, -0.2) is 64.2 Å². The molecular weight excluding hydrogens is 424 g/mol. The van der Waals surface area contributed by atoms with Crippen molar-refractivity contribution in [3.05, 3.63) is 29.8 Å². The third kappa shape index (κ3) is 8.48. The molecule has 0 aliphatic carbocycles. The van der Waals surface area contributed by atoms with Gasteiger partial charge in [-0.1, -0.05) is 24.6 Å². The van der Waals surface area contributed by atoms with Crippen molar-refractivity contribution < 1.29 is 26.2 Å². The summed E-state index contributed by atoms with van der Waals surface area (Å²) in [6.45, 7) is 4.31. The molecule has 0 aromatic heterocycles. The van der Waals surface area contributed by atoms with Crippen molar-refractivity contribution >= 4 is 34.8 Å². The molecule has 1 amide bonds. The number of hydrogen-bond donors (Lipinski definition) is 4. The maximum atomic E-state index is 12.6. The van der Waals surface area contributed by atoms with Gasteiger partial charge in [0.2, 0.25) is 14.8 Å². The third-order valence-electron chi connectivity index (χ3n) is 4.07. The van der Waals surface area contributed by atoms with Crippen LogP contribution < -0.4 is 10.6 Å². The van der Waals surface area contributed by atoms with E-state index in [0.29, 0.717) is 36.6 Å². The first-order chi connectivity index (χ1) is 13.0. The Morgan fingerprint density at radius 3 is 2.29 bits per heavy atom. The lowest BCUT2D eigenvalue weighted by atomic mass is 10.2. The lowest BCUT2D eigenvalue weighted by Gasteiger charge is -2.18. The highest BCUT2D eigenvalue weighted by molar-refractivity contribution is 8.80. The summed E-state index contributed by atoms with van der Waals surface area (Å²) in [7, 11) is -8.84. The lowest BCUT2D eigenvalue weighted by Crippen LogP contribution is -2.48. The highest BCUT2D eigenvalue weighted by atomic mass is 33.2. The maximum absolute atomic E-state index is 12.6. The minimum absolute atomic E-state index is 0.306. The Kier molecular flexibility index (Phi) is 9.91. The molecule has 8 nitrogen and oxygen atoms in total. The topological polar surface area (TPSA) is 130 Å². The molecule has 1 aromatic carbocycles. The predicted molar refractivity (Wildman–Crippen MR) is 114 cm³/mol. The highest BCUT2D eigenvalue weighted by Crippen LogP contribution is 2.36. The molecule has 0 spiro atoms. The fourth-order valence-corrected chi connectivity index (χ4v) is 7.48. The average Bonchev–Trinajstić information content (AvgIpc) is 2.60. The van der Waals surface area contributed by atoms with Gasteiger partial charge in [-0.15, -0.1) is 9.93 Å². The maximum Gasteiger partial charge on any atom is 0.266 e. The summed E-state index contributed by atoms with van der Waals surface area (Å²) in [6.07, 6.45) is 2.93. The normalized spacial score (nSPS) is 15.1. The molecule has 1 unspecified atom stereocenters. The summed E-state index contributed by atoms with van der Waals surface area (Å²) in [5.41, 5.74) is 1.000. The first-order valence-electron chi connectivity index (χ1n) is 8.96. The van der Waals surface area contributed by atoms with Crippen molar-refractivity contribution in [1.29, 1.82) is 0 Å². The number of benzene rings is 1. The molecule has 3 N–H and O–H groups in total. The van der Waals surface area contributed by atoms with Crippen LogP contribution in [0.25, 0.3) is 0 Å². The number of amides is 1. The van der Waals surface area contributed by atoms with Gasteiger partial charge in [0.15, 0.2) is 0 Å². The minimum Gasteiger partial charge on any atom is -0.355 e. The Balaban J connectivity index is 2.45. The first-order valence-corrected chi connectivity index (χ1v) is 14.6. The van der Waals surface area contributed by atoms with Crippen LogP contribution in [0.5, 0.6) is 0 Å². The molecular formula is C17H30N2O6S3. The molecule has 1 rings (SSSR count).